The summed E-state index contributed by atoms with van der Waals surface area (Å²) in [4.78, 5) is 26.5. The smallest absolute Gasteiger partial charge is 0.311 e. The predicted octanol–water partition coefficient (Wildman–Crippen LogP) is 2.04. The summed E-state index contributed by atoms with van der Waals surface area (Å²) in [5.41, 5.74) is 0.532. The number of nitrogens with zero attached hydrogens (tertiary/aromatic N) is 1. The maximum atomic E-state index is 12.7. The molecule has 152 valence electrons. The van der Waals surface area contributed by atoms with Crippen molar-refractivity contribution in [2.45, 2.75) is 37.5 Å². The number of nitrogens with one attached hydrogen (secondary N) is 1. The number of aliphatic carboxylic acids is 1. The molecule has 1 saturated carbocycles. The lowest BCUT2D eigenvalue weighted by Gasteiger charge is -2.38. The number of ether oxygens (including phenoxy) is 1. The molecule has 1 aromatic carbocycles. The first-order valence-electron chi connectivity index (χ1n) is 10.4. The Morgan fingerprint density at radius 3 is 2.61 bits per heavy atom. The van der Waals surface area contributed by atoms with Crippen molar-refractivity contribution in [1.29, 1.82) is 0 Å². The zero-order valence-corrected chi connectivity index (χ0v) is 16.4. The van der Waals surface area contributed by atoms with Crippen LogP contribution in [0.5, 0.6) is 0 Å². The van der Waals surface area contributed by atoms with Gasteiger partial charge in [0.25, 0.3) is 0 Å². The summed E-state index contributed by atoms with van der Waals surface area (Å²) >= 11 is 0. The van der Waals surface area contributed by atoms with Gasteiger partial charge in [0.1, 0.15) is 0 Å². The van der Waals surface area contributed by atoms with Gasteiger partial charge in [-0.05, 0) is 37.2 Å². The third-order valence-corrected chi connectivity index (χ3v) is 7.19. The van der Waals surface area contributed by atoms with E-state index in [1.54, 1.807) is 0 Å². The van der Waals surface area contributed by atoms with Gasteiger partial charge in [0, 0.05) is 38.3 Å². The molecule has 6 heteroatoms. The standard InChI is InChI=1S/C22H30N2O4/c25-19(14-24-13-18-7-4-8-22(18,16-24)20(26)27)23-15-21(9-11-28-12-10-21)17-5-2-1-3-6-17/h1-3,5-6,18H,4,7-16H2,(H,23,25)(H,26,27)/t18-,22+/m0/s1. The molecule has 6 nitrogen and oxygen atoms in total. The second kappa shape index (κ2) is 7.84. The highest BCUT2D eigenvalue weighted by molar-refractivity contribution is 5.79. The minimum Gasteiger partial charge on any atom is -0.481 e. The van der Waals surface area contributed by atoms with Crippen molar-refractivity contribution in [1.82, 2.24) is 10.2 Å². The molecular formula is C22H30N2O4. The van der Waals surface area contributed by atoms with Gasteiger partial charge >= 0.3 is 5.97 Å². The zero-order valence-electron chi connectivity index (χ0n) is 16.4. The number of carbonyl (C=O) groups is 2. The van der Waals surface area contributed by atoms with E-state index >= 15 is 0 Å². The summed E-state index contributed by atoms with van der Waals surface area (Å²) < 4.78 is 5.56. The molecule has 3 aliphatic rings. The summed E-state index contributed by atoms with van der Waals surface area (Å²) in [5, 5.41) is 12.9. The quantitative estimate of drug-likeness (QED) is 0.782. The van der Waals surface area contributed by atoms with E-state index in [4.69, 9.17) is 4.74 Å². The summed E-state index contributed by atoms with van der Waals surface area (Å²) in [5.74, 6) is -0.519. The molecule has 2 N–H and O–H groups in total. The molecule has 0 spiro atoms. The highest BCUT2D eigenvalue weighted by atomic mass is 16.5. The number of carbonyl (C=O) groups excluding carboxylic acids is 1. The van der Waals surface area contributed by atoms with Gasteiger partial charge in [-0.15, -0.1) is 0 Å². The van der Waals surface area contributed by atoms with Gasteiger partial charge in [0.2, 0.25) is 5.91 Å². The van der Waals surface area contributed by atoms with Gasteiger partial charge in [0.15, 0.2) is 0 Å². The minimum atomic E-state index is -0.692. The molecule has 1 amide bonds. The lowest BCUT2D eigenvalue weighted by Crippen LogP contribution is -2.47. The van der Waals surface area contributed by atoms with Crippen molar-refractivity contribution in [2.24, 2.45) is 11.3 Å². The highest BCUT2D eigenvalue weighted by Crippen LogP contribution is 2.48. The number of fused-ring (bicyclic) bond motifs is 1. The fraction of sp³-hybridized carbons (Fsp3) is 0.636. The normalized spacial score (nSPS) is 29.4. The summed E-state index contributed by atoms with van der Waals surface area (Å²) in [6, 6.07) is 10.4. The van der Waals surface area contributed by atoms with Crippen molar-refractivity contribution in [3.05, 3.63) is 35.9 Å². The first-order chi connectivity index (χ1) is 13.5. The van der Waals surface area contributed by atoms with Crippen LogP contribution in [-0.2, 0) is 19.7 Å². The maximum absolute atomic E-state index is 12.7. The molecule has 0 bridgehead atoms. The van der Waals surface area contributed by atoms with Crippen molar-refractivity contribution < 1.29 is 19.4 Å². The predicted molar refractivity (Wildman–Crippen MR) is 105 cm³/mol. The molecule has 1 aliphatic carbocycles. The fourth-order valence-corrected chi connectivity index (χ4v) is 5.51. The first-order valence-corrected chi connectivity index (χ1v) is 10.4. The second-order valence-electron chi connectivity index (χ2n) is 8.76. The number of hydrogen-bond donors (Lipinski definition) is 2. The molecule has 2 atom stereocenters. The molecule has 0 aromatic heterocycles. The molecule has 2 aliphatic heterocycles. The average Bonchev–Trinajstić information content (AvgIpc) is 3.26. The van der Waals surface area contributed by atoms with Gasteiger partial charge in [-0.25, -0.2) is 0 Å². The van der Waals surface area contributed by atoms with Gasteiger partial charge in [0.05, 0.1) is 12.0 Å². The van der Waals surface area contributed by atoms with Gasteiger partial charge < -0.3 is 15.2 Å². The fourth-order valence-electron chi connectivity index (χ4n) is 5.51. The largest absolute Gasteiger partial charge is 0.481 e. The van der Waals surface area contributed by atoms with E-state index in [1.807, 2.05) is 23.1 Å². The Bertz CT molecular complexity index is 717. The second-order valence-corrected chi connectivity index (χ2v) is 8.76. The van der Waals surface area contributed by atoms with Crippen molar-refractivity contribution in [2.75, 3.05) is 39.4 Å². The van der Waals surface area contributed by atoms with E-state index < -0.39 is 11.4 Å². The van der Waals surface area contributed by atoms with Crippen LogP contribution >= 0.6 is 0 Å². The van der Waals surface area contributed by atoms with Crippen LogP contribution in [0.3, 0.4) is 0 Å². The Balaban J connectivity index is 1.37. The van der Waals surface area contributed by atoms with Crippen molar-refractivity contribution >= 4 is 11.9 Å². The van der Waals surface area contributed by atoms with E-state index in [2.05, 4.69) is 17.4 Å². The molecule has 2 saturated heterocycles. The number of carboxylic acids is 1. The average molecular weight is 386 g/mol. The van der Waals surface area contributed by atoms with E-state index in [-0.39, 0.29) is 23.8 Å². The Hall–Kier alpha value is -1.92. The summed E-state index contributed by atoms with van der Waals surface area (Å²) in [6.45, 7) is 3.52. The number of benzene rings is 1. The van der Waals surface area contributed by atoms with Gasteiger partial charge in [-0.1, -0.05) is 36.8 Å². The van der Waals surface area contributed by atoms with Crippen LogP contribution in [-0.4, -0.2) is 61.3 Å². The SMILES string of the molecule is O=C(CN1C[C@@H]2CCC[C@@]2(C(=O)O)C1)NCC1(c2ccccc2)CCOCC1. The van der Waals surface area contributed by atoms with Crippen molar-refractivity contribution in [3.63, 3.8) is 0 Å². The number of likely N-dealkylation sites (tertiary alicyclic amines) is 1. The van der Waals surface area contributed by atoms with Crippen molar-refractivity contribution in [3.8, 4) is 0 Å². The summed E-state index contributed by atoms with van der Waals surface area (Å²) in [6.07, 6.45) is 4.47. The first kappa shape index (κ1) is 19.4. The Labute approximate surface area is 166 Å². The molecule has 4 rings (SSSR count). The van der Waals surface area contributed by atoms with Crippen LogP contribution in [0, 0.1) is 11.3 Å². The topological polar surface area (TPSA) is 78.9 Å². The maximum Gasteiger partial charge on any atom is 0.311 e. The molecule has 28 heavy (non-hydrogen) atoms. The highest BCUT2D eigenvalue weighted by Gasteiger charge is 2.54. The van der Waals surface area contributed by atoms with Crippen LogP contribution in [0.15, 0.2) is 30.3 Å². The molecule has 2 heterocycles. The van der Waals surface area contributed by atoms with Gasteiger partial charge in [-0.2, -0.15) is 0 Å². The number of amides is 1. The monoisotopic (exact) mass is 386 g/mol. The van der Waals surface area contributed by atoms with E-state index in [0.717, 1.165) is 38.6 Å². The molecular weight excluding hydrogens is 356 g/mol. The molecule has 0 unspecified atom stereocenters. The minimum absolute atomic E-state index is 0.0117. The van der Waals surface area contributed by atoms with E-state index in [9.17, 15) is 14.7 Å². The lowest BCUT2D eigenvalue weighted by molar-refractivity contribution is -0.149. The number of hydrogen-bond acceptors (Lipinski definition) is 4. The zero-order chi connectivity index (χ0) is 19.6. The Morgan fingerprint density at radius 2 is 1.93 bits per heavy atom. The number of rotatable bonds is 6. The molecule has 0 radical (unpaired) electrons. The Kier molecular flexibility index (Phi) is 5.43. The van der Waals surface area contributed by atoms with Crippen LogP contribution in [0.2, 0.25) is 0 Å². The molecule has 1 aromatic rings. The number of carboxylic acid groups (broad SMARTS) is 1. The van der Waals surface area contributed by atoms with E-state index in [0.29, 0.717) is 26.3 Å². The van der Waals surface area contributed by atoms with E-state index in [1.165, 1.54) is 5.56 Å². The van der Waals surface area contributed by atoms with Gasteiger partial charge in [-0.3, -0.25) is 14.5 Å². The van der Waals surface area contributed by atoms with Crippen LogP contribution in [0.4, 0.5) is 0 Å². The lowest BCUT2D eigenvalue weighted by atomic mass is 9.74. The summed E-state index contributed by atoms with van der Waals surface area (Å²) in [7, 11) is 0. The Morgan fingerprint density at radius 1 is 1.18 bits per heavy atom. The third kappa shape index (κ3) is 3.55. The molecule has 3 fully saturated rings. The van der Waals surface area contributed by atoms with Crippen LogP contribution in [0.1, 0.15) is 37.7 Å². The third-order valence-electron chi connectivity index (χ3n) is 7.19. The van der Waals surface area contributed by atoms with Crippen LogP contribution < -0.4 is 5.32 Å². The van der Waals surface area contributed by atoms with Crippen LogP contribution in [0.25, 0.3) is 0 Å².